The first-order valence-electron chi connectivity index (χ1n) is 5.07. The lowest BCUT2D eigenvalue weighted by Crippen LogP contribution is -2.43. The van der Waals surface area contributed by atoms with Gasteiger partial charge in [-0.05, 0) is 37.8 Å². The minimum Gasteiger partial charge on any atom is -0.468 e. The van der Waals surface area contributed by atoms with E-state index < -0.39 is 0 Å². The first kappa shape index (κ1) is 8.82. The number of nitrogens with one attached hydrogen (secondary N) is 1. The highest BCUT2D eigenvalue weighted by Gasteiger charge is 2.28. The van der Waals surface area contributed by atoms with Crippen molar-refractivity contribution in [1.29, 1.82) is 0 Å². The van der Waals surface area contributed by atoms with Crippen molar-refractivity contribution in [2.24, 2.45) is 5.92 Å². The standard InChI is InChI=1S/C11H17NO/c1-8-5-6-10(8)12-9(2)11-4-3-7-13-11/h3-4,7-10,12H,5-6H2,1-2H3/t8?,9-,10?/m0/s1. The van der Waals surface area contributed by atoms with E-state index in [4.69, 9.17) is 4.42 Å². The Balaban J connectivity index is 1.88. The van der Waals surface area contributed by atoms with Crippen molar-refractivity contribution in [3.05, 3.63) is 24.2 Å². The predicted octanol–water partition coefficient (Wildman–Crippen LogP) is 2.73. The smallest absolute Gasteiger partial charge is 0.120 e. The maximum atomic E-state index is 5.34. The normalized spacial score (nSPS) is 29.7. The van der Waals surface area contributed by atoms with Crippen molar-refractivity contribution >= 4 is 0 Å². The Morgan fingerprint density at radius 3 is 2.85 bits per heavy atom. The van der Waals surface area contributed by atoms with Crippen LogP contribution in [0, 0.1) is 5.92 Å². The maximum Gasteiger partial charge on any atom is 0.120 e. The highest BCUT2D eigenvalue weighted by atomic mass is 16.3. The van der Waals surface area contributed by atoms with E-state index in [0.717, 1.165) is 11.7 Å². The molecule has 0 amide bonds. The second-order valence-electron chi connectivity index (χ2n) is 4.06. The summed E-state index contributed by atoms with van der Waals surface area (Å²) in [6.45, 7) is 4.46. The van der Waals surface area contributed by atoms with Gasteiger partial charge in [-0.3, -0.25) is 0 Å². The molecule has 13 heavy (non-hydrogen) atoms. The summed E-state index contributed by atoms with van der Waals surface area (Å²) in [5, 5.41) is 3.57. The first-order valence-corrected chi connectivity index (χ1v) is 5.07. The van der Waals surface area contributed by atoms with Crippen LogP contribution in [0.4, 0.5) is 0 Å². The highest BCUT2D eigenvalue weighted by molar-refractivity contribution is 5.04. The summed E-state index contributed by atoms with van der Waals surface area (Å²) in [6, 6.07) is 5.02. The third kappa shape index (κ3) is 1.78. The molecule has 2 nitrogen and oxygen atoms in total. The molecule has 1 N–H and O–H groups in total. The lowest BCUT2D eigenvalue weighted by Gasteiger charge is -2.36. The lowest BCUT2D eigenvalue weighted by atomic mass is 9.81. The van der Waals surface area contributed by atoms with Gasteiger partial charge in [-0.2, -0.15) is 0 Å². The number of rotatable bonds is 3. The van der Waals surface area contributed by atoms with Crippen molar-refractivity contribution in [3.8, 4) is 0 Å². The SMILES string of the molecule is CC1CCC1N[C@@H](C)c1ccco1. The van der Waals surface area contributed by atoms with Gasteiger partial charge in [0.05, 0.1) is 12.3 Å². The summed E-state index contributed by atoms with van der Waals surface area (Å²) >= 11 is 0. The molecule has 0 saturated heterocycles. The fraction of sp³-hybridized carbons (Fsp3) is 0.636. The van der Waals surface area contributed by atoms with Crippen molar-refractivity contribution in [2.45, 2.75) is 38.8 Å². The van der Waals surface area contributed by atoms with Crippen LogP contribution in [0.5, 0.6) is 0 Å². The monoisotopic (exact) mass is 179 g/mol. The van der Waals surface area contributed by atoms with Crippen LogP contribution in [-0.4, -0.2) is 6.04 Å². The Morgan fingerprint density at radius 2 is 2.38 bits per heavy atom. The van der Waals surface area contributed by atoms with E-state index in [9.17, 15) is 0 Å². The topological polar surface area (TPSA) is 25.2 Å². The zero-order chi connectivity index (χ0) is 9.26. The Morgan fingerprint density at radius 1 is 1.54 bits per heavy atom. The van der Waals surface area contributed by atoms with Crippen LogP contribution in [-0.2, 0) is 0 Å². The molecule has 1 aliphatic rings. The van der Waals surface area contributed by atoms with Crippen LogP contribution in [0.25, 0.3) is 0 Å². The van der Waals surface area contributed by atoms with Crippen LogP contribution >= 0.6 is 0 Å². The Kier molecular flexibility index (Phi) is 2.40. The van der Waals surface area contributed by atoms with Gasteiger partial charge in [0, 0.05) is 6.04 Å². The van der Waals surface area contributed by atoms with Crippen LogP contribution in [0.15, 0.2) is 22.8 Å². The van der Waals surface area contributed by atoms with Crippen LogP contribution in [0.3, 0.4) is 0 Å². The van der Waals surface area contributed by atoms with Gasteiger partial charge in [0.25, 0.3) is 0 Å². The van der Waals surface area contributed by atoms with Crippen molar-refractivity contribution in [2.75, 3.05) is 0 Å². The van der Waals surface area contributed by atoms with Gasteiger partial charge in [-0.1, -0.05) is 6.92 Å². The van der Waals surface area contributed by atoms with E-state index >= 15 is 0 Å². The summed E-state index contributed by atoms with van der Waals surface area (Å²) < 4.78 is 5.34. The summed E-state index contributed by atoms with van der Waals surface area (Å²) in [6.07, 6.45) is 4.41. The predicted molar refractivity (Wildman–Crippen MR) is 52.4 cm³/mol. The quantitative estimate of drug-likeness (QED) is 0.771. The molecule has 2 heteroatoms. The van der Waals surface area contributed by atoms with Crippen molar-refractivity contribution < 1.29 is 4.42 Å². The largest absolute Gasteiger partial charge is 0.468 e. The number of hydrogen-bond donors (Lipinski definition) is 1. The van der Waals surface area contributed by atoms with Crippen molar-refractivity contribution in [1.82, 2.24) is 5.32 Å². The number of hydrogen-bond acceptors (Lipinski definition) is 2. The molecular weight excluding hydrogens is 162 g/mol. The van der Waals surface area contributed by atoms with E-state index in [2.05, 4.69) is 19.2 Å². The lowest BCUT2D eigenvalue weighted by molar-refractivity contribution is 0.206. The third-order valence-corrected chi connectivity index (χ3v) is 3.05. The second-order valence-corrected chi connectivity index (χ2v) is 4.06. The molecule has 1 fully saturated rings. The summed E-state index contributed by atoms with van der Waals surface area (Å²) in [7, 11) is 0. The van der Waals surface area contributed by atoms with Gasteiger partial charge < -0.3 is 9.73 Å². The molecule has 0 aliphatic heterocycles. The fourth-order valence-electron chi connectivity index (χ4n) is 1.86. The minimum atomic E-state index is 0.350. The molecule has 1 aromatic rings. The van der Waals surface area contributed by atoms with E-state index in [1.54, 1.807) is 6.26 Å². The third-order valence-electron chi connectivity index (χ3n) is 3.05. The number of furan rings is 1. The molecule has 0 bridgehead atoms. The van der Waals surface area contributed by atoms with E-state index in [-0.39, 0.29) is 0 Å². The highest BCUT2D eigenvalue weighted by Crippen LogP contribution is 2.28. The van der Waals surface area contributed by atoms with E-state index in [1.807, 2.05) is 12.1 Å². The zero-order valence-corrected chi connectivity index (χ0v) is 8.29. The summed E-state index contributed by atoms with van der Waals surface area (Å²) in [4.78, 5) is 0. The van der Waals surface area contributed by atoms with Gasteiger partial charge >= 0.3 is 0 Å². The molecule has 1 aromatic heterocycles. The molecule has 0 radical (unpaired) electrons. The molecule has 3 atom stereocenters. The molecule has 2 rings (SSSR count). The fourth-order valence-corrected chi connectivity index (χ4v) is 1.86. The Labute approximate surface area is 79.3 Å². The summed E-state index contributed by atoms with van der Waals surface area (Å²) in [5.41, 5.74) is 0. The van der Waals surface area contributed by atoms with Gasteiger partial charge in [0.1, 0.15) is 5.76 Å². The molecule has 72 valence electrons. The van der Waals surface area contributed by atoms with Gasteiger partial charge in [0.2, 0.25) is 0 Å². The van der Waals surface area contributed by atoms with Crippen LogP contribution < -0.4 is 5.32 Å². The minimum absolute atomic E-state index is 0.350. The molecule has 1 heterocycles. The molecule has 1 saturated carbocycles. The molecule has 1 aliphatic carbocycles. The first-order chi connectivity index (χ1) is 6.27. The molecule has 0 aromatic carbocycles. The van der Waals surface area contributed by atoms with Gasteiger partial charge in [0.15, 0.2) is 0 Å². The average molecular weight is 179 g/mol. The second kappa shape index (κ2) is 3.54. The van der Waals surface area contributed by atoms with E-state index in [0.29, 0.717) is 12.1 Å². The molecule has 0 spiro atoms. The van der Waals surface area contributed by atoms with E-state index in [1.165, 1.54) is 12.8 Å². The maximum absolute atomic E-state index is 5.34. The van der Waals surface area contributed by atoms with Gasteiger partial charge in [-0.15, -0.1) is 0 Å². The molecular formula is C11H17NO. The summed E-state index contributed by atoms with van der Waals surface area (Å²) in [5.74, 6) is 1.87. The van der Waals surface area contributed by atoms with Crippen molar-refractivity contribution in [3.63, 3.8) is 0 Å². The Bertz CT molecular complexity index is 255. The van der Waals surface area contributed by atoms with Gasteiger partial charge in [-0.25, -0.2) is 0 Å². The van der Waals surface area contributed by atoms with Crippen LogP contribution in [0.1, 0.15) is 38.5 Å². The Hall–Kier alpha value is -0.760. The zero-order valence-electron chi connectivity index (χ0n) is 8.29. The average Bonchev–Trinajstić information content (AvgIpc) is 2.64. The molecule has 2 unspecified atom stereocenters. The van der Waals surface area contributed by atoms with Crippen LogP contribution in [0.2, 0.25) is 0 Å².